The summed E-state index contributed by atoms with van der Waals surface area (Å²) >= 11 is 0. The zero-order valence-corrected chi connectivity index (χ0v) is 16.8. The number of ether oxygens (including phenoxy) is 3. The molecule has 0 radical (unpaired) electrons. The first-order chi connectivity index (χ1) is 14.7. The molecule has 30 heavy (non-hydrogen) atoms. The predicted molar refractivity (Wildman–Crippen MR) is 114 cm³/mol. The summed E-state index contributed by atoms with van der Waals surface area (Å²) in [6.45, 7) is 3.32. The second-order valence-corrected chi connectivity index (χ2v) is 6.93. The number of benzene rings is 3. The van der Waals surface area contributed by atoms with Crippen molar-refractivity contribution in [1.29, 1.82) is 0 Å². The van der Waals surface area contributed by atoms with Crippen molar-refractivity contribution < 1.29 is 24.3 Å². The van der Waals surface area contributed by atoms with E-state index in [1.165, 1.54) is 0 Å². The number of hydrogen-bond donors (Lipinski definition) is 2. The number of para-hydroxylation sites is 2. The molecule has 4 rings (SSSR count). The lowest BCUT2D eigenvalue weighted by Crippen LogP contribution is -2.85. The lowest BCUT2D eigenvalue weighted by Gasteiger charge is -2.17. The molecule has 1 amide bonds. The molecular weight excluding hydrogens is 380 g/mol. The topological polar surface area (TPSA) is 73.4 Å². The van der Waals surface area contributed by atoms with Gasteiger partial charge in [-0.2, -0.15) is 0 Å². The molecule has 0 aromatic heterocycles. The summed E-state index contributed by atoms with van der Waals surface area (Å²) in [4.78, 5) is 13.2. The lowest BCUT2D eigenvalue weighted by molar-refractivity contribution is -0.697. The van der Waals surface area contributed by atoms with E-state index >= 15 is 0 Å². The van der Waals surface area contributed by atoms with Crippen molar-refractivity contribution in [2.45, 2.75) is 19.5 Å². The first kappa shape index (κ1) is 19.8. The standard InChI is InChI=1S/C24H24N2O4/c1-2-28-20-11-7-6-10-19(20)26-24(27)23(18-8-4-3-5-9-18)25-15-17-12-13-21-22(14-17)30-16-29-21/h3-14,23,25H,2,15-16H2,1H3,(H,26,27)/p+1/t23-/m1/s1. The van der Waals surface area contributed by atoms with Gasteiger partial charge in [0.15, 0.2) is 17.5 Å². The molecule has 3 aromatic rings. The molecule has 1 atom stereocenters. The Morgan fingerprint density at radius 3 is 2.63 bits per heavy atom. The molecule has 3 N–H and O–H groups in total. The SMILES string of the molecule is CCOc1ccccc1NC(=O)[C@H]([NH2+]Cc1ccc2c(c1)OCO2)c1ccccc1. The Labute approximate surface area is 175 Å². The van der Waals surface area contributed by atoms with Crippen molar-refractivity contribution in [3.8, 4) is 17.2 Å². The first-order valence-electron chi connectivity index (χ1n) is 10.0. The normalized spacial score (nSPS) is 13.0. The van der Waals surface area contributed by atoms with Crippen LogP contribution in [0, 0.1) is 0 Å². The van der Waals surface area contributed by atoms with E-state index in [4.69, 9.17) is 14.2 Å². The van der Waals surface area contributed by atoms with Gasteiger partial charge in [0, 0.05) is 11.1 Å². The monoisotopic (exact) mass is 405 g/mol. The third-order valence-corrected chi connectivity index (χ3v) is 4.91. The van der Waals surface area contributed by atoms with Crippen LogP contribution >= 0.6 is 0 Å². The summed E-state index contributed by atoms with van der Waals surface area (Å²) in [6.07, 6.45) is 0. The van der Waals surface area contributed by atoms with Gasteiger partial charge in [0.05, 0.1) is 12.3 Å². The van der Waals surface area contributed by atoms with Gasteiger partial charge in [0.2, 0.25) is 6.79 Å². The van der Waals surface area contributed by atoms with Gasteiger partial charge >= 0.3 is 0 Å². The number of quaternary nitrogens is 1. The number of fused-ring (bicyclic) bond motifs is 1. The summed E-state index contributed by atoms with van der Waals surface area (Å²) in [5.74, 6) is 2.06. The van der Waals surface area contributed by atoms with Gasteiger partial charge in [-0.25, -0.2) is 0 Å². The number of carbonyl (C=O) groups is 1. The number of carbonyl (C=O) groups excluding carboxylic acids is 1. The number of nitrogens with one attached hydrogen (secondary N) is 1. The van der Waals surface area contributed by atoms with Crippen LogP contribution in [0.5, 0.6) is 17.2 Å². The van der Waals surface area contributed by atoms with Gasteiger partial charge in [-0.1, -0.05) is 42.5 Å². The van der Waals surface area contributed by atoms with Gasteiger partial charge in [-0.3, -0.25) is 4.79 Å². The number of nitrogens with two attached hydrogens (primary N) is 1. The third kappa shape index (κ3) is 4.55. The van der Waals surface area contributed by atoms with Crippen LogP contribution in [0.1, 0.15) is 24.1 Å². The molecule has 0 bridgehead atoms. The zero-order valence-electron chi connectivity index (χ0n) is 16.8. The molecule has 3 aromatic carbocycles. The summed E-state index contributed by atoms with van der Waals surface area (Å²) in [5, 5.41) is 5.05. The zero-order chi connectivity index (χ0) is 20.8. The van der Waals surface area contributed by atoms with E-state index < -0.39 is 6.04 Å². The Balaban J connectivity index is 1.52. The van der Waals surface area contributed by atoms with Crippen molar-refractivity contribution in [2.24, 2.45) is 0 Å². The van der Waals surface area contributed by atoms with Gasteiger partial charge in [-0.05, 0) is 37.3 Å². The van der Waals surface area contributed by atoms with Crippen molar-refractivity contribution in [1.82, 2.24) is 0 Å². The molecule has 0 unspecified atom stereocenters. The highest BCUT2D eigenvalue weighted by Crippen LogP contribution is 2.32. The number of rotatable bonds is 8. The van der Waals surface area contributed by atoms with Gasteiger partial charge in [0.1, 0.15) is 12.3 Å². The molecule has 6 nitrogen and oxygen atoms in total. The Morgan fingerprint density at radius 2 is 1.80 bits per heavy atom. The largest absolute Gasteiger partial charge is 0.492 e. The average Bonchev–Trinajstić information content (AvgIpc) is 3.24. The maximum absolute atomic E-state index is 13.2. The fourth-order valence-corrected chi connectivity index (χ4v) is 3.44. The highest BCUT2D eigenvalue weighted by Gasteiger charge is 2.25. The quantitative estimate of drug-likeness (QED) is 0.603. The highest BCUT2D eigenvalue weighted by molar-refractivity contribution is 5.95. The molecule has 6 heteroatoms. The highest BCUT2D eigenvalue weighted by atomic mass is 16.7. The van der Waals surface area contributed by atoms with Crippen molar-refractivity contribution in [3.63, 3.8) is 0 Å². The molecule has 0 fully saturated rings. The van der Waals surface area contributed by atoms with Crippen LogP contribution in [0.3, 0.4) is 0 Å². The minimum absolute atomic E-state index is 0.103. The van der Waals surface area contributed by atoms with Crippen LogP contribution < -0.4 is 24.8 Å². The van der Waals surface area contributed by atoms with E-state index in [0.717, 1.165) is 22.6 Å². The molecule has 1 aliphatic rings. The molecule has 0 saturated heterocycles. The summed E-state index contributed by atoms with van der Waals surface area (Å²) in [5.41, 5.74) is 2.66. The molecular formula is C24H25N2O4+. The fraction of sp³-hybridized carbons (Fsp3) is 0.208. The fourth-order valence-electron chi connectivity index (χ4n) is 3.44. The van der Waals surface area contributed by atoms with E-state index in [-0.39, 0.29) is 12.7 Å². The number of anilines is 1. The minimum atomic E-state index is -0.411. The predicted octanol–water partition coefficient (Wildman–Crippen LogP) is 3.26. The van der Waals surface area contributed by atoms with E-state index in [0.29, 0.717) is 24.6 Å². The molecule has 154 valence electrons. The maximum atomic E-state index is 13.2. The molecule has 0 aliphatic carbocycles. The van der Waals surface area contributed by atoms with E-state index in [2.05, 4.69) is 5.32 Å². The second kappa shape index (κ2) is 9.33. The van der Waals surface area contributed by atoms with Crippen LogP contribution in [0.2, 0.25) is 0 Å². The van der Waals surface area contributed by atoms with Crippen molar-refractivity contribution in [2.75, 3.05) is 18.7 Å². The molecule has 0 saturated carbocycles. The van der Waals surface area contributed by atoms with Crippen molar-refractivity contribution in [3.05, 3.63) is 83.9 Å². The second-order valence-electron chi connectivity index (χ2n) is 6.93. The van der Waals surface area contributed by atoms with Crippen molar-refractivity contribution >= 4 is 11.6 Å². The first-order valence-corrected chi connectivity index (χ1v) is 10.0. The average molecular weight is 405 g/mol. The Kier molecular flexibility index (Phi) is 6.15. The maximum Gasteiger partial charge on any atom is 0.287 e. The Morgan fingerprint density at radius 1 is 1.03 bits per heavy atom. The summed E-state index contributed by atoms with van der Waals surface area (Å²) in [7, 11) is 0. The van der Waals surface area contributed by atoms with E-state index in [1.807, 2.05) is 85.0 Å². The minimum Gasteiger partial charge on any atom is -0.492 e. The number of amides is 1. The van der Waals surface area contributed by atoms with Crippen LogP contribution in [0.15, 0.2) is 72.8 Å². The van der Waals surface area contributed by atoms with E-state index in [9.17, 15) is 4.79 Å². The Bertz CT molecular complexity index is 1010. The van der Waals surface area contributed by atoms with Gasteiger partial charge < -0.3 is 24.8 Å². The van der Waals surface area contributed by atoms with Gasteiger partial charge in [-0.15, -0.1) is 0 Å². The van der Waals surface area contributed by atoms with Gasteiger partial charge in [0.25, 0.3) is 5.91 Å². The number of hydrogen-bond acceptors (Lipinski definition) is 4. The molecule has 1 aliphatic heterocycles. The Hall–Kier alpha value is -3.51. The summed E-state index contributed by atoms with van der Waals surface area (Å²) in [6, 6.07) is 22.7. The van der Waals surface area contributed by atoms with E-state index in [1.54, 1.807) is 0 Å². The third-order valence-electron chi connectivity index (χ3n) is 4.91. The van der Waals surface area contributed by atoms with Crippen LogP contribution in [0.25, 0.3) is 0 Å². The van der Waals surface area contributed by atoms with Crippen LogP contribution in [-0.2, 0) is 11.3 Å². The van der Waals surface area contributed by atoms with Crippen LogP contribution in [-0.4, -0.2) is 19.3 Å². The molecule has 0 spiro atoms. The molecule has 1 heterocycles. The summed E-state index contributed by atoms with van der Waals surface area (Å²) < 4.78 is 16.5. The lowest BCUT2D eigenvalue weighted by atomic mass is 10.1. The smallest absolute Gasteiger partial charge is 0.287 e. The van der Waals surface area contributed by atoms with Crippen LogP contribution in [0.4, 0.5) is 5.69 Å².